The first-order valence-electron chi connectivity index (χ1n) is 8.67. The molecule has 0 saturated heterocycles. The number of aryl methyl sites for hydroxylation is 1. The highest BCUT2D eigenvalue weighted by molar-refractivity contribution is 7.13. The molecule has 0 aliphatic rings. The van der Waals surface area contributed by atoms with Crippen LogP contribution in [0.15, 0.2) is 53.9 Å². The number of carbonyl (C=O) groups is 2. The molecule has 2 aromatic carbocycles. The van der Waals surface area contributed by atoms with Gasteiger partial charge in [-0.3, -0.25) is 4.79 Å². The van der Waals surface area contributed by atoms with Crippen LogP contribution in [0.3, 0.4) is 0 Å². The van der Waals surface area contributed by atoms with E-state index in [4.69, 9.17) is 16.3 Å². The van der Waals surface area contributed by atoms with Crippen LogP contribution in [0.4, 0.5) is 0 Å². The number of hydrogen-bond donors (Lipinski definition) is 1. The summed E-state index contributed by atoms with van der Waals surface area (Å²) in [5, 5.41) is 5.73. The minimum atomic E-state index is -0.625. The molecule has 3 aromatic rings. The van der Waals surface area contributed by atoms with Crippen molar-refractivity contribution in [2.24, 2.45) is 0 Å². The van der Waals surface area contributed by atoms with Crippen molar-refractivity contribution in [1.82, 2.24) is 10.3 Å². The molecule has 1 heterocycles. The van der Waals surface area contributed by atoms with Gasteiger partial charge in [-0.1, -0.05) is 53.6 Å². The molecule has 0 bridgehead atoms. The largest absolute Gasteiger partial charge is 0.451 e. The average Bonchev–Trinajstić information content (AvgIpc) is 3.17. The maximum atomic E-state index is 12.2. The SMILES string of the molecule is Cc1ccc(-c2nc(C(=O)OCC(=O)N[C@H](C)c3cccc(Cl)c3)cs2)cc1. The zero-order valence-electron chi connectivity index (χ0n) is 15.4. The summed E-state index contributed by atoms with van der Waals surface area (Å²) in [7, 11) is 0. The average molecular weight is 415 g/mol. The van der Waals surface area contributed by atoms with Crippen molar-refractivity contribution in [2.45, 2.75) is 19.9 Å². The molecule has 0 unspecified atom stereocenters. The van der Waals surface area contributed by atoms with Crippen molar-refractivity contribution < 1.29 is 14.3 Å². The molecule has 1 N–H and O–H groups in total. The second kappa shape index (κ2) is 8.99. The van der Waals surface area contributed by atoms with Crippen LogP contribution in [0.2, 0.25) is 5.02 Å². The molecular formula is C21H19ClN2O3S. The number of amides is 1. The predicted octanol–water partition coefficient (Wildman–Crippen LogP) is 4.81. The minimum Gasteiger partial charge on any atom is -0.451 e. The third-order valence-corrected chi connectivity index (χ3v) is 5.20. The van der Waals surface area contributed by atoms with Gasteiger partial charge in [0.2, 0.25) is 0 Å². The van der Waals surface area contributed by atoms with E-state index >= 15 is 0 Å². The van der Waals surface area contributed by atoms with Crippen molar-refractivity contribution in [3.05, 3.63) is 75.8 Å². The summed E-state index contributed by atoms with van der Waals surface area (Å²) in [6.45, 7) is 3.47. The zero-order chi connectivity index (χ0) is 20.1. The van der Waals surface area contributed by atoms with E-state index in [1.165, 1.54) is 11.3 Å². The number of thiazole rings is 1. The van der Waals surface area contributed by atoms with Crippen molar-refractivity contribution in [3.8, 4) is 10.6 Å². The maximum Gasteiger partial charge on any atom is 0.358 e. The highest BCUT2D eigenvalue weighted by Gasteiger charge is 2.16. The maximum absolute atomic E-state index is 12.2. The standard InChI is InChI=1S/C21H19ClN2O3S/c1-13-6-8-15(9-7-13)20-24-18(12-28-20)21(26)27-11-19(25)23-14(2)16-4-3-5-17(22)10-16/h3-10,12,14H,11H2,1-2H3,(H,23,25)/t14-/m1/s1. The molecule has 0 fully saturated rings. The van der Waals surface area contributed by atoms with Gasteiger partial charge in [-0.2, -0.15) is 0 Å². The van der Waals surface area contributed by atoms with Gasteiger partial charge in [0, 0.05) is 16.0 Å². The summed E-state index contributed by atoms with van der Waals surface area (Å²) >= 11 is 7.32. The van der Waals surface area contributed by atoms with E-state index in [1.807, 2.05) is 50.2 Å². The Morgan fingerprint density at radius 1 is 1.21 bits per heavy atom. The molecule has 0 spiro atoms. The normalized spacial score (nSPS) is 11.7. The molecule has 1 atom stereocenters. The number of hydrogen-bond acceptors (Lipinski definition) is 5. The molecule has 0 aliphatic heterocycles. The van der Waals surface area contributed by atoms with E-state index in [-0.39, 0.29) is 18.3 Å². The van der Waals surface area contributed by atoms with Gasteiger partial charge in [0.1, 0.15) is 5.01 Å². The Morgan fingerprint density at radius 3 is 2.68 bits per heavy atom. The Hall–Kier alpha value is -2.70. The molecule has 0 saturated carbocycles. The number of nitrogens with zero attached hydrogens (tertiary/aromatic N) is 1. The van der Waals surface area contributed by atoms with Gasteiger partial charge in [0.05, 0.1) is 6.04 Å². The Morgan fingerprint density at radius 2 is 1.96 bits per heavy atom. The molecule has 7 heteroatoms. The highest BCUT2D eigenvalue weighted by Crippen LogP contribution is 2.24. The van der Waals surface area contributed by atoms with Gasteiger partial charge in [0.25, 0.3) is 5.91 Å². The first-order chi connectivity index (χ1) is 13.4. The lowest BCUT2D eigenvalue weighted by Gasteiger charge is -2.14. The lowest BCUT2D eigenvalue weighted by atomic mass is 10.1. The second-order valence-corrected chi connectivity index (χ2v) is 7.62. The molecule has 1 amide bonds. The van der Waals surface area contributed by atoms with Crippen molar-refractivity contribution in [1.29, 1.82) is 0 Å². The molecule has 0 aliphatic carbocycles. The van der Waals surface area contributed by atoms with Crippen LogP contribution in [0, 0.1) is 6.92 Å². The Balaban J connectivity index is 1.54. The molecule has 28 heavy (non-hydrogen) atoms. The van der Waals surface area contributed by atoms with Crippen LogP contribution in [0.25, 0.3) is 10.6 Å². The summed E-state index contributed by atoms with van der Waals surface area (Å²) in [5.41, 5.74) is 3.14. The molecule has 0 radical (unpaired) electrons. The number of aromatic nitrogens is 1. The molecular weight excluding hydrogens is 396 g/mol. The Labute approximate surface area is 172 Å². The van der Waals surface area contributed by atoms with Crippen LogP contribution in [0.1, 0.15) is 34.6 Å². The zero-order valence-corrected chi connectivity index (χ0v) is 17.0. The van der Waals surface area contributed by atoms with Crippen LogP contribution in [-0.2, 0) is 9.53 Å². The van der Waals surface area contributed by atoms with Crippen LogP contribution < -0.4 is 5.32 Å². The smallest absolute Gasteiger partial charge is 0.358 e. The van der Waals surface area contributed by atoms with E-state index in [2.05, 4.69) is 10.3 Å². The lowest BCUT2D eigenvalue weighted by molar-refractivity contribution is -0.124. The van der Waals surface area contributed by atoms with Crippen molar-refractivity contribution in [2.75, 3.05) is 6.61 Å². The van der Waals surface area contributed by atoms with E-state index in [0.29, 0.717) is 5.02 Å². The van der Waals surface area contributed by atoms with Crippen LogP contribution >= 0.6 is 22.9 Å². The van der Waals surface area contributed by atoms with E-state index < -0.39 is 11.9 Å². The monoisotopic (exact) mass is 414 g/mol. The fourth-order valence-corrected chi connectivity index (χ4v) is 3.54. The quantitative estimate of drug-likeness (QED) is 0.588. The molecule has 144 valence electrons. The molecule has 3 rings (SSSR count). The van der Waals surface area contributed by atoms with Gasteiger partial charge < -0.3 is 10.1 Å². The van der Waals surface area contributed by atoms with Gasteiger partial charge >= 0.3 is 5.97 Å². The summed E-state index contributed by atoms with van der Waals surface area (Å²) < 4.78 is 5.09. The number of halogens is 1. The predicted molar refractivity (Wildman–Crippen MR) is 111 cm³/mol. The fourth-order valence-electron chi connectivity index (χ4n) is 2.54. The van der Waals surface area contributed by atoms with E-state index in [0.717, 1.165) is 21.7 Å². The number of rotatable bonds is 6. The molecule has 5 nitrogen and oxygen atoms in total. The number of carbonyl (C=O) groups excluding carboxylic acids is 2. The van der Waals surface area contributed by atoms with Crippen LogP contribution in [-0.4, -0.2) is 23.5 Å². The highest BCUT2D eigenvalue weighted by atomic mass is 35.5. The summed E-state index contributed by atoms with van der Waals surface area (Å²) in [5.74, 6) is -1.02. The Bertz CT molecular complexity index is 985. The first-order valence-corrected chi connectivity index (χ1v) is 9.92. The van der Waals surface area contributed by atoms with Gasteiger partial charge in [-0.25, -0.2) is 9.78 Å². The second-order valence-electron chi connectivity index (χ2n) is 6.32. The van der Waals surface area contributed by atoms with E-state index in [9.17, 15) is 9.59 Å². The van der Waals surface area contributed by atoms with Gasteiger partial charge in [-0.15, -0.1) is 11.3 Å². The number of ether oxygens (including phenoxy) is 1. The topological polar surface area (TPSA) is 68.3 Å². The number of nitrogens with one attached hydrogen (secondary N) is 1. The summed E-state index contributed by atoms with van der Waals surface area (Å²) in [6, 6.07) is 14.8. The van der Waals surface area contributed by atoms with Crippen LogP contribution in [0.5, 0.6) is 0 Å². The van der Waals surface area contributed by atoms with Gasteiger partial charge in [-0.05, 0) is 31.5 Å². The van der Waals surface area contributed by atoms with Crippen molar-refractivity contribution in [3.63, 3.8) is 0 Å². The third-order valence-electron chi connectivity index (χ3n) is 4.07. The lowest BCUT2D eigenvalue weighted by Crippen LogP contribution is -2.31. The summed E-state index contributed by atoms with van der Waals surface area (Å²) in [6.07, 6.45) is 0. The number of benzene rings is 2. The van der Waals surface area contributed by atoms with Gasteiger partial charge in [0.15, 0.2) is 12.3 Å². The van der Waals surface area contributed by atoms with Crippen molar-refractivity contribution >= 4 is 34.8 Å². The first kappa shape index (κ1) is 20.0. The molecule has 1 aromatic heterocycles. The fraction of sp³-hybridized carbons (Fsp3) is 0.190. The van der Waals surface area contributed by atoms with E-state index in [1.54, 1.807) is 17.5 Å². The number of esters is 1. The third kappa shape index (κ3) is 5.18. The Kier molecular flexibility index (Phi) is 6.44. The minimum absolute atomic E-state index is 0.191. The summed E-state index contributed by atoms with van der Waals surface area (Å²) in [4.78, 5) is 28.5.